The van der Waals surface area contributed by atoms with Crippen LogP contribution in [0.2, 0.25) is 0 Å². The number of aliphatic carboxylic acids is 1. The number of halogens is 1. The van der Waals surface area contributed by atoms with Gasteiger partial charge in [-0.3, -0.25) is 14.5 Å². The van der Waals surface area contributed by atoms with Gasteiger partial charge in [-0.25, -0.2) is 14.2 Å². The van der Waals surface area contributed by atoms with E-state index in [0.717, 1.165) is 22.1 Å². The number of aromatic nitrogens is 2. The number of benzene rings is 1. The summed E-state index contributed by atoms with van der Waals surface area (Å²) in [6, 6.07) is 2.74. The lowest BCUT2D eigenvalue weighted by Crippen LogP contribution is -2.44. The third-order valence-electron chi connectivity index (χ3n) is 8.26. The molecule has 6 rings (SSSR count). The quantitative estimate of drug-likeness (QED) is 0.404. The van der Waals surface area contributed by atoms with Gasteiger partial charge < -0.3 is 19.5 Å². The van der Waals surface area contributed by atoms with Crippen molar-refractivity contribution in [3.63, 3.8) is 0 Å². The Balaban J connectivity index is 1.66. The van der Waals surface area contributed by atoms with Gasteiger partial charge in [0.25, 0.3) is 5.56 Å². The van der Waals surface area contributed by atoms with Gasteiger partial charge >= 0.3 is 11.9 Å². The first-order valence-corrected chi connectivity index (χ1v) is 12.3. The van der Waals surface area contributed by atoms with Gasteiger partial charge in [0.15, 0.2) is 5.60 Å². The van der Waals surface area contributed by atoms with Crippen LogP contribution >= 0.6 is 0 Å². The average Bonchev–Trinajstić information content (AvgIpc) is 3.23. The van der Waals surface area contributed by atoms with Crippen molar-refractivity contribution in [2.45, 2.75) is 57.9 Å². The van der Waals surface area contributed by atoms with E-state index in [0.29, 0.717) is 35.3 Å². The molecule has 10 heteroatoms. The monoisotopic (exact) mass is 507 g/mol. The Morgan fingerprint density at radius 2 is 2.05 bits per heavy atom. The number of hydrogen-bond donors (Lipinski definition) is 2. The Hall–Kier alpha value is -3.63. The van der Waals surface area contributed by atoms with Gasteiger partial charge in [0.1, 0.15) is 12.4 Å². The van der Waals surface area contributed by atoms with Crippen LogP contribution in [-0.4, -0.2) is 50.2 Å². The molecule has 0 saturated carbocycles. The van der Waals surface area contributed by atoms with E-state index in [-0.39, 0.29) is 54.7 Å². The first kappa shape index (κ1) is 23.7. The number of carbonyl (C=O) groups excluding carboxylic acids is 1. The third kappa shape index (κ3) is 3.15. The molecule has 37 heavy (non-hydrogen) atoms. The van der Waals surface area contributed by atoms with Crippen molar-refractivity contribution in [2.24, 2.45) is 0 Å². The molecular formula is C27H26FN3O6. The number of carbonyl (C=O) groups is 2. The smallest absolute Gasteiger partial charge is 0.343 e. The topological polar surface area (TPSA) is 122 Å². The predicted molar refractivity (Wildman–Crippen MR) is 131 cm³/mol. The van der Waals surface area contributed by atoms with Crippen molar-refractivity contribution in [1.29, 1.82) is 0 Å². The van der Waals surface area contributed by atoms with Gasteiger partial charge in [0, 0.05) is 28.6 Å². The molecule has 0 amide bonds. The van der Waals surface area contributed by atoms with E-state index < -0.39 is 17.5 Å². The van der Waals surface area contributed by atoms with E-state index >= 15 is 0 Å². The number of fused-ring (bicyclic) bond motifs is 5. The number of hydrogen-bond acceptors (Lipinski definition) is 7. The second kappa shape index (κ2) is 7.93. The van der Waals surface area contributed by atoms with Crippen LogP contribution in [0.15, 0.2) is 16.9 Å². The summed E-state index contributed by atoms with van der Waals surface area (Å²) in [5, 5.41) is 21.4. The molecule has 0 fully saturated rings. The molecular weight excluding hydrogens is 481 g/mol. The molecule has 2 aliphatic heterocycles. The maximum absolute atomic E-state index is 14.9. The van der Waals surface area contributed by atoms with Crippen molar-refractivity contribution in [1.82, 2.24) is 14.5 Å². The van der Waals surface area contributed by atoms with Crippen LogP contribution in [0.25, 0.3) is 22.3 Å². The summed E-state index contributed by atoms with van der Waals surface area (Å²) in [6.07, 6.45) is 1.19. The highest BCUT2D eigenvalue weighted by Gasteiger charge is 2.46. The van der Waals surface area contributed by atoms with Gasteiger partial charge in [-0.2, -0.15) is 0 Å². The number of aliphatic hydroxyl groups is 1. The highest BCUT2D eigenvalue weighted by Crippen LogP contribution is 2.47. The number of esters is 1. The van der Waals surface area contributed by atoms with Crippen LogP contribution in [0.3, 0.4) is 0 Å². The third-order valence-corrected chi connectivity index (χ3v) is 8.26. The molecule has 0 radical (unpaired) electrons. The van der Waals surface area contributed by atoms with E-state index in [1.165, 1.54) is 6.07 Å². The number of likely N-dealkylation sites (N-methyl/N-ethyl adjacent to an activating group) is 1. The summed E-state index contributed by atoms with van der Waals surface area (Å²) in [5.74, 6) is -2.13. The summed E-state index contributed by atoms with van der Waals surface area (Å²) in [7, 11) is 1.75. The van der Waals surface area contributed by atoms with Crippen LogP contribution in [0.4, 0.5) is 4.39 Å². The minimum Gasteiger partial charge on any atom is -0.480 e. The van der Waals surface area contributed by atoms with Crippen molar-refractivity contribution >= 4 is 22.8 Å². The number of carboxylic acids is 1. The number of rotatable bonds is 4. The van der Waals surface area contributed by atoms with Gasteiger partial charge in [0.2, 0.25) is 0 Å². The molecule has 0 bridgehead atoms. The van der Waals surface area contributed by atoms with E-state index in [9.17, 15) is 29.0 Å². The summed E-state index contributed by atoms with van der Waals surface area (Å²) in [6.45, 7) is 3.16. The highest BCUT2D eigenvalue weighted by atomic mass is 19.1. The molecule has 2 N–H and O–H groups in total. The van der Waals surface area contributed by atoms with Crippen LogP contribution < -0.4 is 5.56 Å². The summed E-state index contributed by atoms with van der Waals surface area (Å²) < 4.78 is 21.6. The molecule has 0 unspecified atom stereocenters. The fraction of sp³-hybridized carbons (Fsp3) is 0.407. The van der Waals surface area contributed by atoms with Crippen LogP contribution in [0.5, 0.6) is 0 Å². The van der Waals surface area contributed by atoms with E-state index in [4.69, 9.17) is 9.72 Å². The largest absolute Gasteiger partial charge is 0.480 e. The molecule has 3 aromatic rings. The maximum Gasteiger partial charge on any atom is 0.343 e. The number of ether oxygens (including phenoxy) is 1. The Morgan fingerprint density at radius 3 is 2.76 bits per heavy atom. The predicted octanol–water partition coefficient (Wildman–Crippen LogP) is 2.53. The summed E-state index contributed by atoms with van der Waals surface area (Å²) in [5.41, 5.74) is 2.47. The molecule has 2 aromatic heterocycles. The van der Waals surface area contributed by atoms with Crippen molar-refractivity contribution in [2.75, 3.05) is 13.6 Å². The van der Waals surface area contributed by atoms with E-state index in [2.05, 4.69) is 0 Å². The van der Waals surface area contributed by atoms with Crippen LogP contribution in [0, 0.1) is 12.7 Å². The van der Waals surface area contributed by atoms with Crippen LogP contribution in [-0.2, 0) is 39.5 Å². The normalized spacial score (nSPS) is 21.6. The zero-order chi connectivity index (χ0) is 26.4. The molecule has 1 aromatic carbocycles. The van der Waals surface area contributed by atoms with Crippen LogP contribution in [0.1, 0.15) is 59.2 Å². The standard InChI is InChI=1S/C27H26FN3O6/c1-4-27(36)16-7-20-24-14(9-31(20)25(34)15(16)11-37-26(27)35)23-19(30(3)10-21(32)33)6-5-13-12(2)17(28)8-18(29-24)22(13)23/h7-8,19,36H,4-6,9-11H2,1-3H3,(H,32,33)/t19-,27-/m0/s1. The van der Waals surface area contributed by atoms with Gasteiger partial charge in [-0.05, 0) is 56.0 Å². The zero-order valence-electron chi connectivity index (χ0n) is 20.7. The highest BCUT2D eigenvalue weighted by molar-refractivity contribution is 5.93. The van der Waals surface area contributed by atoms with Gasteiger partial charge in [-0.1, -0.05) is 6.92 Å². The van der Waals surface area contributed by atoms with Crippen molar-refractivity contribution in [3.8, 4) is 11.4 Å². The fourth-order valence-electron chi connectivity index (χ4n) is 6.29. The van der Waals surface area contributed by atoms with Crippen molar-refractivity contribution < 1.29 is 28.9 Å². The lowest BCUT2D eigenvalue weighted by atomic mass is 9.81. The van der Waals surface area contributed by atoms with Gasteiger partial charge in [-0.15, -0.1) is 0 Å². The second-order valence-electron chi connectivity index (χ2n) is 10.2. The molecule has 3 aliphatic rings. The van der Waals surface area contributed by atoms with E-state index in [1.54, 1.807) is 36.4 Å². The molecule has 9 nitrogen and oxygen atoms in total. The van der Waals surface area contributed by atoms with E-state index in [1.807, 2.05) is 0 Å². The maximum atomic E-state index is 14.9. The summed E-state index contributed by atoms with van der Waals surface area (Å²) in [4.78, 5) is 44.2. The number of nitrogens with zero attached hydrogens (tertiary/aromatic N) is 3. The zero-order valence-corrected chi connectivity index (χ0v) is 20.7. The number of pyridine rings is 2. The number of cyclic esters (lactones) is 1. The first-order chi connectivity index (χ1) is 17.6. The number of aryl methyl sites for hydroxylation is 1. The Morgan fingerprint density at radius 1 is 1.30 bits per heavy atom. The lowest BCUT2D eigenvalue weighted by molar-refractivity contribution is -0.172. The Labute approximate surface area is 211 Å². The fourth-order valence-corrected chi connectivity index (χ4v) is 6.29. The molecule has 0 saturated heterocycles. The Kier molecular flexibility index (Phi) is 5.09. The molecule has 192 valence electrons. The molecule has 2 atom stereocenters. The molecule has 0 spiro atoms. The first-order valence-electron chi connectivity index (χ1n) is 12.3. The van der Waals surface area contributed by atoms with Crippen molar-refractivity contribution in [3.05, 3.63) is 61.7 Å². The minimum absolute atomic E-state index is 0.0287. The molecule has 4 heterocycles. The average molecular weight is 508 g/mol. The molecule has 1 aliphatic carbocycles. The minimum atomic E-state index is -1.95. The summed E-state index contributed by atoms with van der Waals surface area (Å²) >= 11 is 0. The number of carboxylic acid groups (broad SMARTS) is 1. The SMILES string of the molecule is CC[C@@]1(O)C(=O)OCc2c1cc1n(c2=O)Cc2c-1nc1cc(F)c(C)c3c1c2[C@@H](N(C)CC(=O)O)CC3. The second-order valence-corrected chi connectivity index (χ2v) is 10.2. The van der Waals surface area contributed by atoms with Gasteiger partial charge in [0.05, 0.1) is 35.6 Å². The Bertz CT molecular complexity index is 1610. The lowest BCUT2D eigenvalue weighted by Gasteiger charge is -2.34.